The molecule has 0 aromatic rings. The molecule has 1 aliphatic carbocycles. The summed E-state index contributed by atoms with van der Waals surface area (Å²) in [6.45, 7) is 8.43. The van der Waals surface area contributed by atoms with Gasteiger partial charge in [0.15, 0.2) is 0 Å². The van der Waals surface area contributed by atoms with Crippen molar-refractivity contribution in [3.8, 4) is 0 Å². The fourth-order valence-electron chi connectivity index (χ4n) is 3.84. The van der Waals surface area contributed by atoms with Crippen LogP contribution in [-0.2, 0) is 0 Å². The van der Waals surface area contributed by atoms with E-state index in [2.05, 4.69) is 18.4 Å². The Morgan fingerprint density at radius 1 is 1.17 bits per heavy atom. The summed E-state index contributed by atoms with van der Waals surface area (Å²) in [6.07, 6.45) is 10.7. The molecule has 0 radical (unpaired) electrons. The number of aliphatic hydroxyl groups excluding tert-OH is 1. The highest BCUT2D eigenvalue weighted by atomic mass is 16.3. The number of hydrogen-bond donors (Lipinski definition) is 1. The minimum Gasteiger partial charge on any atom is -0.391 e. The average molecular weight is 251 g/mol. The van der Waals surface area contributed by atoms with Crippen molar-refractivity contribution >= 4 is 0 Å². The number of aliphatic hydroxyl groups is 1. The lowest BCUT2D eigenvalue weighted by atomic mass is 9.83. The minimum atomic E-state index is -0.158. The predicted molar refractivity (Wildman–Crippen MR) is 76.7 cm³/mol. The molecule has 2 aliphatic rings. The third-order valence-electron chi connectivity index (χ3n) is 4.92. The van der Waals surface area contributed by atoms with Gasteiger partial charge in [-0.25, -0.2) is 0 Å². The van der Waals surface area contributed by atoms with Crippen molar-refractivity contribution in [1.82, 2.24) is 4.90 Å². The molecule has 1 unspecified atom stereocenters. The number of allylic oxidation sites excluding steroid dienone is 1. The standard InChI is InChI=1S/C16H29NO/c1-14(2)8-9-15(18)16(10-4-5-11-16)17-12-6-3-7-13-17/h15,18H,1,3-13H2,2H3. The van der Waals surface area contributed by atoms with Gasteiger partial charge < -0.3 is 5.11 Å². The smallest absolute Gasteiger partial charge is 0.0726 e. The van der Waals surface area contributed by atoms with E-state index >= 15 is 0 Å². The number of nitrogens with zero attached hydrogens (tertiary/aromatic N) is 1. The van der Waals surface area contributed by atoms with Gasteiger partial charge >= 0.3 is 0 Å². The second-order valence-corrected chi connectivity index (χ2v) is 6.37. The molecule has 1 aliphatic heterocycles. The van der Waals surface area contributed by atoms with Crippen LogP contribution in [0.25, 0.3) is 0 Å². The van der Waals surface area contributed by atoms with E-state index in [4.69, 9.17) is 0 Å². The lowest BCUT2D eigenvalue weighted by molar-refractivity contribution is -0.0419. The number of hydrogen-bond acceptors (Lipinski definition) is 2. The largest absolute Gasteiger partial charge is 0.391 e. The molecule has 1 heterocycles. The number of rotatable bonds is 5. The topological polar surface area (TPSA) is 23.5 Å². The monoisotopic (exact) mass is 251 g/mol. The SMILES string of the molecule is C=C(C)CCC(O)C1(N2CCCCC2)CCCC1. The summed E-state index contributed by atoms with van der Waals surface area (Å²) in [4.78, 5) is 2.62. The van der Waals surface area contributed by atoms with Crippen LogP contribution in [0.4, 0.5) is 0 Å². The van der Waals surface area contributed by atoms with Crippen LogP contribution in [0.2, 0.25) is 0 Å². The summed E-state index contributed by atoms with van der Waals surface area (Å²) in [5.74, 6) is 0. The Kier molecular flexibility index (Phi) is 4.85. The fraction of sp³-hybridized carbons (Fsp3) is 0.875. The van der Waals surface area contributed by atoms with Gasteiger partial charge in [-0.3, -0.25) is 4.90 Å². The van der Waals surface area contributed by atoms with Crippen molar-refractivity contribution < 1.29 is 5.11 Å². The van der Waals surface area contributed by atoms with Gasteiger partial charge in [-0.2, -0.15) is 0 Å². The van der Waals surface area contributed by atoms with Crippen LogP contribution in [0.5, 0.6) is 0 Å². The average Bonchev–Trinajstić information content (AvgIpc) is 2.87. The third-order valence-corrected chi connectivity index (χ3v) is 4.92. The lowest BCUT2D eigenvalue weighted by Crippen LogP contribution is -2.56. The van der Waals surface area contributed by atoms with Crippen molar-refractivity contribution in [2.24, 2.45) is 0 Å². The predicted octanol–water partition coefficient (Wildman–Crippen LogP) is 3.50. The van der Waals surface area contributed by atoms with E-state index < -0.39 is 0 Å². The first kappa shape index (κ1) is 14.1. The normalized spacial score (nSPS) is 26.1. The van der Waals surface area contributed by atoms with E-state index in [9.17, 15) is 5.11 Å². The van der Waals surface area contributed by atoms with Gasteiger partial charge in [-0.05, 0) is 58.5 Å². The zero-order valence-electron chi connectivity index (χ0n) is 12.0. The quantitative estimate of drug-likeness (QED) is 0.756. The van der Waals surface area contributed by atoms with Gasteiger partial charge in [0.1, 0.15) is 0 Å². The maximum Gasteiger partial charge on any atom is 0.0726 e. The van der Waals surface area contributed by atoms with E-state index in [-0.39, 0.29) is 11.6 Å². The molecular formula is C16H29NO. The molecule has 2 heteroatoms. The minimum absolute atomic E-state index is 0.107. The van der Waals surface area contributed by atoms with Crippen LogP contribution < -0.4 is 0 Å². The van der Waals surface area contributed by atoms with Crippen LogP contribution in [0.3, 0.4) is 0 Å². The first-order valence-corrected chi connectivity index (χ1v) is 7.73. The van der Waals surface area contributed by atoms with Gasteiger partial charge in [-0.1, -0.05) is 24.8 Å². The van der Waals surface area contributed by atoms with Crippen LogP contribution in [0.1, 0.15) is 64.7 Å². The lowest BCUT2D eigenvalue weighted by Gasteiger charge is -2.46. The van der Waals surface area contributed by atoms with Crippen LogP contribution in [0.15, 0.2) is 12.2 Å². The van der Waals surface area contributed by atoms with E-state index in [0.29, 0.717) is 0 Å². The van der Waals surface area contributed by atoms with Crippen molar-refractivity contribution in [2.45, 2.75) is 76.4 Å². The van der Waals surface area contributed by atoms with Gasteiger partial charge in [0.05, 0.1) is 6.10 Å². The zero-order valence-corrected chi connectivity index (χ0v) is 12.0. The van der Waals surface area contributed by atoms with Crippen molar-refractivity contribution in [3.05, 3.63) is 12.2 Å². The second kappa shape index (κ2) is 6.21. The van der Waals surface area contributed by atoms with E-state index in [0.717, 1.165) is 12.8 Å². The Labute approximate surface area is 112 Å². The van der Waals surface area contributed by atoms with Crippen LogP contribution in [-0.4, -0.2) is 34.7 Å². The molecule has 1 N–H and O–H groups in total. The summed E-state index contributed by atoms with van der Waals surface area (Å²) in [5.41, 5.74) is 1.30. The van der Waals surface area contributed by atoms with Gasteiger partial charge in [0, 0.05) is 5.54 Å². The zero-order chi connectivity index (χ0) is 13.0. The molecule has 0 aromatic heterocycles. The molecule has 18 heavy (non-hydrogen) atoms. The first-order valence-electron chi connectivity index (χ1n) is 7.73. The third kappa shape index (κ3) is 2.97. The van der Waals surface area contributed by atoms with Gasteiger partial charge in [-0.15, -0.1) is 6.58 Å². The number of piperidine rings is 1. The molecular weight excluding hydrogens is 222 g/mol. The van der Waals surface area contributed by atoms with Crippen molar-refractivity contribution in [3.63, 3.8) is 0 Å². The van der Waals surface area contributed by atoms with E-state index in [1.807, 2.05) is 0 Å². The fourth-order valence-corrected chi connectivity index (χ4v) is 3.84. The highest BCUT2D eigenvalue weighted by molar-refractivity contribution is 5.02. The van der Waals surface area contributed by atoms with Gasteiger partial charge in [0.25, 0.3) is 0 Å². The molecule has 1 atom stereocenters. The van der Waals surface area contributed by atoms with Crippen LogP contribution in [0, 0.1) is 0 Å². The maximum absolute atomic E-state index is 10.7. The highest BCUT2D eigenvalue weighted by Gasteiger charge is 2.45. The molecule has 0 aromatic carbocycles. The summed E-state index contributed by atoms with van der Waals surface area (Å²) < 4.78 is 0. The Morgan fingerprint density at radius 2 is 1.78 bits per heavy atom. The van der Waals surface area contributed by atoms with Crippen molar-refractivity contribution in [1.29, 1.82) is 0 Å². The maximum atomic E-state index is 10.7. The Hall–Kier alpha value is -0.340. The Balaban J connectivity index is 2.02. The van der Waals surface area contributed by atoms with E-state index in [1.54, 1.807) is 0 Å². The van der Waals surface area contributed by atoms with E-state index in [1.165, 1.54) is 63.6 Å². The molecule has 2 nitrogen and oxygen atoms in total. The second-order valence-electron chi connectivity index (χ2n) is 6.37. The molecule has 2 rings (SSSR count). The van der Waals surface area contributed by atoms with Crippen LogP contribution >= 0.6 is 0 Å². The number of likely N-dealkylation sites (tertiary alicyclic amines) is 1. The molecule has 104 valence electrons. The molecule has 2 fully saturated rings. The first-order chi connectivity index (χ1) is 8.65. The molecule has 0 bridgehead atoms. The summed E-state index contributed by atoms with van der Waals surface area (Å²) in [6, 6.07) is 0. The molecule has 0 amide bonds. The van der Waals surface area contributed by atoms with Gasteiger partial charge in [0.2, 0.25) is 0 Å². The Morgan fingerprint density at radius 3 is 2.33 bits per heavy atom. The Bertz CT molecular complexity index is 275. The summed E-state index contributed by atoms with van der Waals surface area (Å²) in [7, 11) is 0. The van der Waals surface area contributed by atoms with Crippen molar-refractivity contribution in [2.75, 3.05) is 13.1 Å². The molecule has 1 saturated carbocycles. The molecule has 1 saturated heterocycles. The highest BCUT2D eigenvalue weighted by Crippen LogP contribution is 2.41. The summed E-state index contributed by atoms with van der Waals surface area (Å²) in [5, 5.41) is 10.7. The molecule has 0 spiro atoms. The summed E-state index contributed by atoms with van der Waals surface area (Å²) >= 11 is 0.